The lowest BCUT2D eigenvalue weighted by Crippen LogP contribution is -2.32. The van der Waals surface area contributed by atoms with Crippen molar-refractivity contribution < 1.29 is 28.5 Å². The molecule has 3 rings (SSSR count). The van der Waals surface area contributed by atoms with Gasteiger partial charge in [0.1, 0.15) is 0 Å². The first-order chi connectivity index (χ1) is 15.5. The largest absolute Gasteiger partial charge is 0.493 e. The lowest BCUT2D eigenvalue weighted by atomic mass is 10.2. The van der Waals surface area contributed by atoms with Crippen molar-refractivity contribution in [3.05, 3.63) is 59.0 Å². The predicted molar refractivity (Wildman–Crippen MR) is 123 cm³/mol. The van der Waals surface area contributed by atoms with E-state index in [0.29, 0.717) is 34.7 Å². The molecule has 0 aliphatic carbocycles. The number of benzene rings is 2. The third kappa shape index (κ3) is 5.89. The van der Waals surface area contributed by atoms with Crippen LogP contribution in [0.3, 0.4) is 0 Å². The smallest absolute Gasteiger partial charge is 0.343 e. The van der Waals surface area contributed by atoms with Gasteiger partial charge >= 0.3 is 5.97 Å². The molecule has 1 aliphatic heterocycles. The highest BCUT2D eigenvalue weighted by atomic mass is 32.2. The van der Waals surface area contributed by atoms with E-state index in [1.54, 1.807) is 36.3 Å². The lowest BCUT2D eigenvalue weighted by Gasteiger charge is -2.14. The number of methoxy groups -OCH3 is 3. The zero-order chi connectivity index (χ0) is 22.9. The lowest BCUT2D eigenvalue weighted by molar-refractivity contribution is -0.142. The van der Waals surface area contributed by atoms with Gasteiger partial charge in [0.25, 0.3) is 5.91 Å². The van der Waals surface area contributed by atoms with E-state index in [0.717, 1.165) is 11.3 Å². The molecule has 0 saturated carbocycles. The summed E-state index contributed by atoms with van der Waals surface area (Å²) in [4.78, 5) is 31.1. The number of ether oxygens (including phenoxy) is 4. The van der Waals surface area contributed by atoms with Gasteiger partial charge in [0.05, 0.1) is 38.0 Å². The number of carbonyl (C=O) groups excluding carboxylic acids is 2. The van der Waals surface area contributed by atoms with E-state index in [9.17, 15) is 9.59 Å². The number of thioether (sulfide) groups is 1. The van der Waals surface area contributed by atoms with Crippen molar-refractivity contribution in [2.75, 3.05) is 41.1 Å². The van der Waals surface area contributed by atoms with Crippen molar-refractivity contribution in [3.63, 3.8) is 0 Å². The number of esters is 1. The highest BCUT2D eigenvalue weighted by molar-refractivity contribution is 8.18. The van der Waals surface area contributed by atoms with Crippen molar-refractivity contribution in [2.24, 2.45) is 4.99 Å². The van der Waals surface area contributed by atoms with Crippen LogP contribution < -0.4 is 9.47 Å². The maximum Gasteiger partial charge on any atom is 0.343 e. The van der Waals surface area contributed by atoms with E-state index >= 15 is 0 Å². The second-order valence-electron chi connectivity index (χ2n) is 6.57. The predicted octanol–water partition coefficient (Wildman–Crippen LogP) is 3.50. The summed E-state index contributed by atoms with van der Waals surface area (Å²) in [5, 5.41) is 0.592. The van der Waals surface area contributed by atoms with Gasteiger partial charge in [0.2, 0.25) is 0 Å². The van der Waals surface area contributed by atoms with E-state index < -0.39 is 5.97 Å². The summed E-state index contributed by atoms with van der Waals surface area (Å²) in [5.74, 6) is 0.200. The van der Waals surface area contributed by atoms with Gasteiger partial charge < -0.3 is 18.9 Å². The molecule has 2 aromatic carbocycles. The first kappa shape index (κ1) is 23.4. The van der Waals surface area contributed by atoms with Crippen LogP contribution in [0.5, 0.6) is 11.5 Å². The summed E-state index contributed by atoms with van der Waals surface area (Å²) >= 11 is 1.30. The summed E-state index contributed by atoms with van der Waals surface area (Å²) in [6.45, 7) is 0.567. The third-order valence-electron chi connectivity index (χ3n) is 4.45. The van der Waals surface area contributed by atoms with E-state index in [1.807, 2.05) is 30.3 Å². The van der Waals surface area contributed by atoms with Gasteiger partial charge in [0, 0.05) is 7.11 Å². The fraction of sp³-hybridized carbons (Fsp3) is 0.261. The Balaban J connectivity index is 1.86. The highest BCUT2D eigenvalue weighted by Gasteiger charge is 2.33. The molecule has 0 atom stereocenters. The fourth-order valence-corrected chi connectivity index (χ4v) is 3.85. The number of para-hydroxylation sites is 1. The number of nitrogens with zero attached hydrogens (tertiary/aromatic N) is 2. The molecule has 2 aromatic rings. The van der Waals surface area contributed by atoms with Gasteiger partial charge in [-0.15, -0.1) is 0 Å². The number of hydrogen-bond acceptors (Lipinski definition) is 8. The minimum absolute atomic E-state index is 0.147. The Hall–Kier alpha value is -3.30. The molecule has 32 heavy (non-hydrogen) atoms. The van der Waals surface area contributed by atoms with Gasteiger partial charge in [-0.3, -0.25) is 9.69 Å². The van der Waals surface area contributed by atoms with E-state index in [-0.39, 0.29) is 12.5 Å². The number of carbonyl (C=O) groups is 2. The van der Waals surface area contributed by atoms with Crippen LogP contribution in [0.2, 0.25) is 0 Å². The average Bonchev–Trinajstić information content (AvgIpc) is 3.10. The third-order valence-corrected chi connectivity index (χ3v) is 5.45. The van der Waals surface area contributed by atoms with Crippen molar-refractivity contribution in [1.82, 2.24) is 4.90 Å². The normalized spacial score (nSPS) is 16.0. The van der Waals surface area contributed by atoms with E-state index in [1.165, 1.54) is 26.0 Å². The molecule has 0 unspecified atom stereocenters. The molecular weight excluding hydrogens is 432 g/mol. The molecule has 1 aliphatic rings. The average molecular weight is 457 g/mol. The quantitative estimate of drug-likeness (QED) is 0.422. The van der Waals surface area contributed by atoms with Crippen molar-refractivity contribution in [2.45, 2.75) is 0 Å². The molecule has 1 heterocycles. The maximum atomic E-state index is 13.0. The Morgan fingerprint density at radius 1 is 1.09 bits per heavy atom. The van der Waals surface area contributed by atoms with Gasteiger partial charge in [-0.25, -0.2) is 9.79 Å². The molecule has 0 N–H and O–H groups in total. The van der Waals surface area contributed by atoms with Crippen LogP contribution in [0.1, 0.15) is 5.56 Å². The van der Waals surface area contributed by atoms with Crippen molar-refractivity contribution in [1.29, 1.82) is 0 Å². The summed E-state index contributed by atoms with van der Waals surface area (Å²) < 4.78 is 20.5. The molecule has 168 valence electrons. The minimum Gasteiger partial charge on any atom is -0.493 e. The molecule has 0 radical (unpaired) electrons. The highest BCUT2D eigenvalue weighted by Crippen LogP contribution is 2.35. The molecule has 1 fully saturated rings. The fourth-order valence-electron chi connectivity index (χ4n) is 2.82. The summed E-state index contributed by atoms with van der Waals surface area (Å²) in [7, 11) is 4.39. The number of aliphatic imine (C=N–C) groups is 1. The van der Waals surface area contributed by atoms with Gasteiger partial charge in [0.15, 0.2) is 23.3 Å². The Labute approximate surface area is 190 Å². The topological polar surface area (TPSA) is 86.7 Å². The Kier molecular flexibility index (Phi) is 8.29. The summed E-state index contributed by atoms with van der Waals surface area (Å²) in [5.41, 5.74) is 1.51. The number of hydrogen-bond donors (Lipinski definition) is 0. The van der Waals surface area contributed by atoms with E-state index in [2.05, 4.69) is 9.73 Å². The first-order valence-corrected chi connectivity index (χ1v) is 10.6. The molecule has 0 bridgehead atoms. The zero-order valence-corrected chi connectivity index (χ0v) is 18.9. The second kappa shape index (κ2) is 11.4. The summed E-state index contributed by atoms with van der Waals surface area (Å²) in [6, 6.07) is 14.7. The summed E-state index contributed by atoms with van der Waals surface area (Å²) in [6.07, 6.45) is 1.77. The monoisotopic (exact) mass is 456 g/mol. The maximum absolute atomic E-state index is 13.0. The van der Waals surface area contributed by atoms with E-state index in [4.69, 9.17) is 14.2 Å². The van der Waals surface area contributed by atoms with Gasteiger partial charge in [-0.05, 0) is 47.7 Å². The van der Waals surface area contributed by atoms with Crippen LogP contribution >= 0.6 is 11.8 Å². The minimum atomic E-state index is -0.493. The van der Waals surface area contributed by atoms with Crippen molar-refractivity contribution >= 4 is 40.6 Å². The molecule has 1 amide bonds. The van der Waals surface area contributed by atoms with Crippen LogP contribution in [0, 0.1) is 0 Å². The molecule has 0 spiro atoms. The van der Waals surface area contributed by atoms with Crippen LogP contribution in [-0.2, 0) is 19.1 Å². The van der Waals surface area contributed by atoms with Gasteiger partial charge in [-0.2, -0.15) is 0 Å². The number of amides is 1. The number of amidine groups is 1. The SMILES string of the molecule is COCCN1C(=O)/C(=C/c2ccc(OCC(=O)OC)c(OC)c2)SC1=Nc1ccccc1. The first-order valence-electron chi connectivity index (χ1n) is 9.77. The molecule has 0 aromatic heterocycles. The van der Waals surface area contributed by atoms with Gasteiger partial charge in [-0.1, -0.05) is 24.3 Å². The second-order valence-corrected chi connectivity index (χ2v) is 7.57. The number of rotatable bonds is 9. The van der Waals surface area contributed by atoms with Crippen LogP contribution in [0.15, 0.2) is 58.4 Å². The Bertz CT molecular complexity index is 1020. The molecule has 1 saturated heterocycles. The van der Waals surface area contributed by atoms with Crippen LogP contribution in [-0.4, -0.2) is 63.0 Å². The molecule has 8 nitrogen and oxygen atoms in total. The van der Waals surface area contributed by atoms with Crippen molar-refractivity contribution in [3.8, 4) is 11.5 Å². The Morgan fingerprint density at radius 2 is 1.88 bits per heavy atom. The Morgan fingerprint density at radius 3 is 2.56 bits per heavy atom. The molecule has 9 heteroatoms. The standard InChI is InChI=1S/C23H24N2O6S/c1-28-12-11-25-22(27)20(32-23(25)24-17-7-5-4-6-8-17)14-16-9-10-18(19(13-16)29-2)31-15-21(26)30-3/h4-10,13-14H,11-12,15H2,1-3H3/b20-14-,24-23?. The molecular formula is C23H24N2O6S. The zero-order valence-electron chi connectivity index (χ0n) is 18.1. The van der Waals surface area contributed by atoms with Crippen LogP contribution in [0.25, 0.3) is 6.08 Å². The van der Waals surface area contributed by atoms with Crippen LogP contribution in [0.4, 0.5) is 5.69 Å².